The van der Waals surface area contributed by atoms with Crippen molar-refractivity contribution in [3.63, 3.8) is 0 Å². The molecule has 2 fully saturated rings. The first-order valence-corrected chi connectivity index (χ1v) is 12.9. The molecule has 0 bridgehead atoms. The van der Waals surface area contributed by atoms with Gasteiger partial charge in [0.05, 0.1) is 0 Å². The molecule has 0 amide bonds. The van der Waals surface area contributed by atoms with Gasteiger partial charge in [0.25, 0.3) is 0 Å². The quantitative estimate of drug-likeness (QED) is 0.156. The number of hydrogen-bond acceptors (Lipinski definition) is 7. The van der Waals surface area contributed by atoms with Gasteiger partial charge in [0.1, 0.15) is 17.8 Å². The number of allylic oxidation sites excluding steroid dienone is 3. The highest BCUT2D eigenvalue weighted by atomic mass is 32.2. The lowest BCUT2D eigenvalue weighted by Crippen LogP contribution is -2.36. The molecular formula is C25H31F3N6OS. The van der Waals surface area contributed by atoms with Gasteiger partial charge in [-0.3, -0.25) is 4.79 Å². The normalized spacial score (nSPS) is 20.5. The minimum atomic E-state index is -0.897. The van der Waals surface area contributed by atoms with E-state index in [2.05, 4.69) is 15.1 Å². The molecule has 0 spiro atoms. The number of anilines is 1. The Hall–Kier alpha value is -2.79. The van der Waals surface area contributed by atoms with Crippen molar-refractivity contribution in [1.29, 1.82) is 0 Å². The summed E-state index contributed by atoms with van der Waals surface area (Å²) >= 11 is 1.60. The molecule has 0 saturated carbocycles. The van der Waals surface area contributed by atoms with Crippen molar-refractivity contribution in [2.24, 2.45) is 13.0 Å². The Morgan fingerprint density at radius 1 is 1.19 bits per heavy atom. The molecule has 2 atom stereocenters. The average Bonchev–Trinajstić information content (AvgIpc) is 3.49. The lowest BCUT2D eigenvalue weighted by atomic mass is 10.0. The van der Waals surface area contributed by atoms with Crippen LogP contribution in [0.5, 0.6) is 0 Å². The highest BCUT2D eigenvalue weighted by Gasteiger charge is 2.42. The second kappa shape index (κ2) is 11.5. The number of likely N-dealkylation sites (tertiary alicyclic amines) is 1. The van der Waals surface area contributed by atoms with Gasteiger partial charge in [0.2, 0.25) is 0 Å². The first-order valence-electron chi connectivity index (χ1n) is 11.9. The van der Waals surface area contributed by atoms with Gasteiger partial charge in [-0.1, -0.05) is 11.8 Å². The summed E-state index contributed by atoms with van der Waals surface area (Å²) in [6.45, 7) is 3.08. The van der Waals surface area contributed by atoms with Crippen molar-refractivity contribution in [3.8, 4) is 0 Å². The predicted octanol–water partition coefficient (Wildman–Crippen LogP) is 3.58. The molecule has 3 heterocycles. The van der Waals surface area contributed by atoms with E-state index < -0.39 is 17.5 Å². The molecular weight excluding hydrogens is 489 g/mol. The molecule has 2 aliphatic rings. The van der Waals surface area contributed by atoms with Gasteiger partial charge in [-0.15, -0.1) is 10.2 Å². The molecule has 0 N–H and O–H groups in total. The van der Waals surface area contributed by atoms with Crippen LogP contribution in [0.25, 0.3) is 5.57 Å². The van der Waals surface area contributed by atoms with E-state index in [4.69, 9.17) is 0 Å². The molecule has 0 unspecified atom stereocenters. The molecule has 2 aliphatic heterocycles. The van der Waals surface area contributed by atoms with Gasteiger partial charge < -0.3 is 19.3 Å². The topological polar surface area (TPSA) is 57.5 Å². The van der Waals surface area contributed by atoms with Crippen LogP contribution in [0.3, 0.4) is 0 Å². The third kappa shape index (κ3) is 5.78. The van der Waals surface area contributed by atoms with Crippen molar-refractivity contribution < 1.29 is 18.0 Å². The zero-order valence-corrected chi connectivity index (χ0v) is 21.5. The molecule has 4 rings (SSSR count). The van der Waals surface area contributed by atoms with Gasteiger partial charge in [-0.05, 0) is 43.7 Å². The number of carbonyl (C=O) groups is 1. The Morgan fingerprint density at radius 2 is 1.94 bits per heavy atom. The van der Waals surface area contributed by atoms with Crippen LogP contribution in [0, 0.1) is 23.4 Å². The maximum Gasteiger partial charge on any atom is 0.191 e. The highest BCUT2D eigenvalue weighted by Crippen LogP contribution is 2.37. The fourth-order valence-corrected chi connectivity index (χ4v) is 5.80. The van der Waals surface area contributed by atoms with E-state index in [-0.39, 0.29) is 11.7 Å². The van der Waals surface area contributed by atoms with Crippen LogP contribution in [-0.2, 0) is 11.8 Å². The first kappa shape index (κ1) is 26.3. The van der Waals surface area contributed by atoms with Crippen molar-refractivity contribution in [1.82, 2.24) is 24.6 Å². The Labute approximate surface area is 213 Å². The number of nitrogens with zero attached hydrogens (tertiary/aromatic N) is 6. The summed E-state index contributed by atoms with van der Waals surface area (Å²) in [5, 5.41) is 9.31. The number of carbonyl (C=O) groups excluding carboxylic acids is 1. The Bertz CT molecular complexity index is 1130. The summed E-state index contributed by atoms with van der Waals surface area (Å²) in [5.74, 6) is -0.769. The molecule has 1 aromatic carbocycles. The van der Waals surface area contributed by atoms with E-state index in [1.807, 2.05) is 42.9 Å². The van der Waals surface area contributed by atoms with Crippen LogP contribution in [0.4, 0.5) is 18.9 Å². The second-order valence-corrected chi connectivity index (χ2v) is 10.5. The largest absolute Gasteiger partial charge is 0.383 e. The minimum Gasteiger partial charge on any atom is -0.383 e. The summed E-state index contributed by atoms with van der Waals surface area (Å²) in [4.78, 5) is 17.1. The Kier molecular flexibility index (Phi) is 8.40. The first-order chi connectivity index (χ1) is 17.3. The van der Waals surface area contributed by atoms with E-state index in [0.29, 0.717) is 23.9 Å². The van der Waals surface area contributed by atoms with E-state index in [9.17, 15) is 18.0 Å². The molecule has 0 aliphatic carbocycles. The third-order valence-corrected chi connectivity index (χ3v) is 7.74. The number of fused-ring (bicyclic) bond motifs is 1. The van der Waals surface area contributed by atoms with Crippen molar-refractivity contribution in [2.75, 3.05) is 50.9 Å². The average molecular weight is 521 g/mol. The maximum atomic E-state index is 14.4. The Balaban J connectivity index is 1.30. The van der Waals surface area contributed by atoms with E-state index in [0.717, 1.165) is 61.8 Å². The molecule has 11 heteroatoms. The maximum absolute atomic E-state index is 14.4. The third-order valence-electron chi connectivity index (χ3n) is 6.63. The summed E-state index contributed by atoms with van der Waals surface area (Å²) in [6.07, 6.45) is 7.67. The monoisotopic (exact) mass is 520 g/mol. The minimum absolute atomic E-state index is 0.0339. The van der Waals surface area contributed by atoms with Gasteiger partial charge in [0, 0.05) is 70.3 Å². The van der Waals surface area contributed by atoms with Crippen molar-refractivity contribution in [3.05, 3.63) is 53.8 Å². The molecule has 194 valence electrons. The summed E-state index contributed by atoms with van der Waals surface area (Å²) < 4.78 is 43.9. The highest BCUT2D eigenvalue weighted by molar-refractivity contribution is 7.99. The molecule has 2 aromatic rings. The molecule has 2 saturated heterocycles. The lowest BCUT2D eigenvalue weighted by Gasteiger charge is -2.27. The van der Waals surface area contributed by atoms with Gasteiger partial charge in [-0.25, -0.2) is 13.2 Å². The summed E-state index contributed by atoms with van der Waals surface area (Å²) in [7, 11) is 5.68. The number of benzene rings is 1. The number of rotatable bonds is 10. The zero-order chi connectivity index (χ0) is 25.8. The van der Waals surface area contributed by atoms with Gasteiger partial charge in [0.15, 0.2) is 22.6 Å². The van der Waals surface area contributed by atoms with Crippen LogP contribution in [0.2, 0.25) is 0 Å². The van der Waals surface area contributed by atoms with E-state index in [1.54, 1.807) is 16.7 Å². The Morgan fingerprint density at radius 3 is 2.64 bits per heavy atom. The van der Waals surface area contributed by atoms with Crippen LogP contribution >= 0.6 is 11.8 Å². The standard InChI is InChI=1S/C25H31F3N6OS/c1-31(2)9-5-17(7-11-35)24-29-30-25(32(24)3)36-12-4-8-33-15-18-6-10-34(22(18)16-33)23-20(27)13-19(26)14-21(23)28/h5,7,9,11,13-14,18,22H,4,6,8,10,12,15-16H2,1-3H3/b9-5-,17-7+/t18-,22+/m0/s1. The summed E-state index contributed by atoms with van der Waals surface area (Å²) in [5.41, 5.74) is 0.575. The molecule has 0 radical (unpaired) electrons. The van der Waals surface area contributed by atoms with Gasteiger partial charge >= 0.3 is 0 Å². The van der Waals surface area contributed by atoms with Crippen molar-refractivity contribution >= 4 is 29.3 Å². The SMILES string of the molecule is CN(C)/C=C\C(=C/C=O)c1nnc(SCCCN2C[C@@H]3CCN(c4c(F)cc(F)cc4F)[C@@H]3C2)n1C. The number of hydrogen-bond donors (Lipinski definition) is 0. The smallest absolute Gasteiger partial charge is 0.191 e. The molecule has 7 nitrogen and oxygen atoms in total. The van der Waals surface area contributed by atoms with E-state index in [1.165, 1.54) is 6.08 Å². The molecule has 36 heavy (non-hydrogen) atoms. The van der Waals surface area contributed by atoms with Crippen LogP contribution in [0.15, 0.2) is 35.6 Å². The van der Waals surface area contributed by atoms with E-state index >= 15 is 0 Å². The fourth-order valence-electron chi connectivity index (χ4n) is 4.97. The number of thioether (sulfide) groups is 1. The second-order valence-electron chi connectivity index (χ2n) is 9.39. The number of aromatic nitrogens is 3. The van der Waals surface area contributed by atoms with Crippen LogP contribution in [0.1, 0.15) is 18.7 Å². The molecule has 1 aromatic heterocycles. The van der Waals surface area contributed by atoms with Crippen LogP contribution in [-0.4, -0.2) is 82.9 Å². The number of halogens is 3. The fraction of sp³-hybridized carbons (Fsp3) is 0.480. The number of aldehydes is 1. The van der Waals surface area contributed by atoms with Crippen LogP contribution < -0.4 is 4.90 Å². The van der Waals surface area contributed by atoms with Gasteiger partial charge in [-0.2, -0.15) is 0 Å². The summed E-state index contributed by atoms with van der Waals surface area (Å²) in [6, 6.07) is 1.54. The lowest BCUT2D eigenvalue weighted by molar-refractivity contribution is -0.104. The predicted molar refractivity (Wildman–Crippen MR) is 135 cm³/mol. The van der Waals surface area contributed by atoms with Crippen molar-refractivity contribution in [2.45, 2.75) is 24.0 Å². The zero-order valence-electron chi connectivity index (χ0n) is 20.7.